The Hall–Kier alpha value is -3.38. The van der Waals surface area contributed by atoms with Crippen molar-refractivity contribution in [2.24, 2.45) is 0 Å². The third kappa shape index (κ3) is 5.94. The topological polar surface area (TPSA) is 56.8 Å². The van der Waals surface area contributed by atoms with Gasteiger partial charge in [0.2, 0.25) is 0 Å². The first-order valence-electron chi connectivity index (χ1n) is 11.5. The van der Waals surface area contributed by atoms with Gasteiger partial charge in [0.15, 0.2) is 5.75 Å². The van der Waals surface area contributed by atoms with E-state index >= 15 is 4.39 Å². The summed E-state index contributed by atoms with van der Waals surface area (Å²) in [6.45, 7) is 6.19. The molecule has 0 aliphatic rings. The molecule has 0 spiro atoms. The van der Waals surface area contributed by atoms with Crippen LogP contribution in [0.15, 0.2) is 60.7 Å². The van der Waals surface area contributed by atoms with Crippen LogP contribution in [0.1, 0.15) is 59.8 Å². The summed E-state index contributed by atoms with van der Waals surface area (Å²) in [6.07, 6.45) is 1.14. The second-order valence-corrected chi connectivity index (χ2v) is 8.05. The van der Waals surface area contributed by atoms with Gasteiger partial charge in [0.25, 0.3) is 0 Å². The minimum atomic E-state index is -0.673. The zero-order valence-corrected chi connectivity index (χ0v) is 20.2. The fourth-order valence-electron chi connectivity index (χ4n) is 3.66. The Bertz CT molecular complexity index is 1090. The van der Waals surface area contributed by atoms with Gasteiger partial charge in [0, 0.05) is 24.8 Å². The molecule has 5 nitrogen and oxygen atoms in total. The number of methoxy groups -OCH3 is 1. The van der Waals surface area contributed by atoms with Crippen molar-refractivity contribution in [2.45, 2.75) is 46.3 Å². The summed E-state index contributed by atoms with van der Waals surface area (Å²) < 4.78 is 33.0. The number of carbonyl (C=O) groups excluding carboxylic acids is 1. The van der Waals surface area contributed by atoms with Crippen LogP contribution in [0.3, 0.4) is 0 Å². The van der Waals surface area contributed by atoms with Gasteiger partial charge in [-0.3, -0.25) is 0 Å². The molecule has 0 aliphatic carbocycles. The summed E-state index contributed by atoms with van der Waals surface area (Å²) in [6, 6.07) is 18.5. The summed E-state index contributed by atoms with van der Waals surface area (Å²) in [5, 5.41) is 3.31. The molecule has 1 atom stereocenters. The predicted molar refractivity (Wildman–Crippen MR) is 132 cm³/mol. The lowest BCUT2D eigenvalue weighted by atomic mass is 9.96. The maximum Gasteiger partial charge on any atom is 0.347 e. The number of carbonyl (C=O) groups is 1. The van der Waals surface area contributed by atoms with Crippen LogP contribution < -0.4 is 14.8 Å². The van der Waals surface area contributed by atoms with Crippen LogP contribution in [0.5, 0.6) is 11.5 Å². The van der Waals surface area contributed by atoms with E-state index in [9.17, 15) is 4.79 Å². The molecule has 3 rings (SSSR count). The number of anilines is 1. The van der Waals surface area contributed by atoms with E-state index in [-0.39, 0.29) is 16.9 Å². The lowest BCUT2D eigenvalue weighted by Gasteiger charge is -2.25. The van der Waals surface area contributed by atoms with Gasteiger partial charge in [0.05, 0.1) is 18.4 Å². The van der Waals surface area contributed by atoms with Crippen LogP contribution in [0.2, 0.25) is 0 Å². The van der Waals surface area contributed by atoms with Crippen LogP contribution in [-0.2, 0) is 11.3 Å². The molecule has 3 aromatic rings. The van der Waals surface area contributed by atoms with E-state index in [0.29, 0.717) is 30.2 Å². The number of para-hydroxylation sites is 1. The van der Waals surface area contributed by atoms with Crippen LogP contribution in [0.4, 0.5) is 10.1 Å². The molecular weight excluding hydrogens is 433 g/mol. The largest absolute Gasteiger partial charge is 0.490 e. The molecule has 0 saturated carbocycles. The molecule has 0 aromatic heterocycles. The van der Waals surface area contributed by atoms with E-state index in [0.717, 1.165) is 18.4 Å². The van der Waals surface area contributed by atoms with Crippen molar-refractivity contribution in [3.63, 3.8) is 0 Å². The smallest absolute Gasteiger partial charge is 0.347 e. The fourth-order valence-corrected chi connectivity index (χ4v) is 3.66. The quantitative estimate of drug-likeness (QED) is 0.191. The van der Waals surface area contributed by atoms with Crippen molar-refractivity contribution >= 4 is 11.7 Å². The number of esters is 1. The van der Waals surface area contributed by atoms with Gasteiger partial charge in [-0.25, -0.2) is 9.18 Å². The minimum Gasteiger partial charge on any atom is -0.490 e. The first-order valence-corrected chi connectivity index (χ1v) is 11.5. The molecule has 0 heterocycles. The zero-order valence-electron chi connectivity index (χ0n) is 20.2. The van der Waals surface area contributed by atoms with Crippen LogP contribution in [0.25, 0.3) is 0 Å². The first kappa shape index (κ1) is 25.2. The van der Waals surface area contributed by atoms with E-state index in [1.165, 1.54) is 7.11 Å². The molecule has 0 aliphatic heterocycles. The highest BCUT2D eigenvalue weighted by atomic mass is 19.1. The monoisotopic (exact) mass is 465 g/mol. The lowest BCUT2D eigenvalue weighted by Crippen LogP contribution is -2.19. The number of ether oxygens (including phenoxy) is 3. The van der Waals surface area contributed by atoms with E-state index in [2.05, 4.69) is 12.2 Å². The number of hydrogen-bond acceptors (Lipinski definition) is 5. The van der Waals surface area contributed by atoms with Gasteiger partial charge in [-0.2, -0.15) is 0 Å². The third-order valence-corrected chi connectivity index (χ3v) is 5.64. The van der Waals surface area contributed by atoms with Crippen molar-refractivity contribution in [3.8, 4) is 11.5 Å². The number of hydrogen-bond donors (Lipinski definition) is 1. The molecule has 1 unspecified atom stereocenters. The van der Waals surface area contributed by atoms with Crippen LogP contribution in [0, 0.1) is 12.7 Å². The lowest BCUT2D eigenvalue weighted by molar-refractivity contribution is 0.0727. The van der Waals surface area contributed by atoms with Crippen molar-refractivity contribution in [1.82, 2.24) is 0 Å². The number of nitrogens with one attached hydrogen (secondary N) is 1. The Kier molecular flexibility index (Phi) is 9.05. The summed E-state index contributed by atoms with van der Waals surface area (Å²) in [5.41, 5.74) is 1.96. The number of halogens is 1. The van der Waals surface area contributed by atoms with Crippen LogP contribution in [-0.4, -0.2) is 19.7 Å². The molecule has 0 fully saturated rings. The normalized spacial score (nSPS) is 11.7. The van der Waals surface area contributed by atoms with Crippen molar-refractivity contribution in [2.75, 3.05) is 19.0 Å². The van der Waals surface area contributed by atoms with Gasteiger partial charge < -0.3 is 19.5 Å². The summed E-state index contributed by atoms with van der Waals surface area (Å²) in [5.74, 6) is -0.538. The van der Waals surface area contributed by atoms with E-state index < -0.39 is 17.9 Å². The van der Waals surface area contributed by atoms with Gasteiger partial charge in [-0.1, -0.05) is 61.9 Å². The van der Waals surface area contributed by atoms with Crippen molar-refractivity contribution in [3.05, 3.63) is 88.7 Å². The van der Waals surface area contributed by atoms with Crippen LogP contribution >= 0.6 is 0 Å². The number of rotatable bonds is 11. The Labute approximate surface area is 200 Å². The highest BCUT2D eigenvalue weighted by Gasteiger charge is 2.31. The third-order valence-electron chi connectivity index (χ3n) is 5.64. The van der Waals surface area contributed by atoms with Gasteiger partial charge in [-0.05, 0) is 38.0 Å². The molecule has 0 saturated heterocycles. The van der Waals surface area contributed by atoms with Gasteiger partial charge in [0.1, 0.15) is 17.1 Å². The van der Waals surface area contributed by atoms with Gasteiger partial charge >= 0.3 is 5.97 Å². The Morgan fingerprint density at radius 1 is 1.06 bits per heavy atom. The highest BCUT2D eigenvalue weighted by molar-refractivity contribution is 5.98. The summed E-state index contributed by atoms with van der Waals surface area (Å²) in [7, 11) is 1.52. The average molecular weight is 466 g/mol. The van der Waals surface area contributed by atoms with E-state index in [1.807, 2.05) is 36.4 Å². The van der Waals surface area contributed by atoms with Crippen molar-refractivity contribution < 1.29 is 23.4 Å². The van der Waals surface area contributed by atoms with E-state index in [1.54, 1.807) is 38.1 Å². The number of benzene rings is 3. The molecule has 1 N–H and O–H groups in total. The summed E-state index contributed by atoms with van der Waals surface area (Å²) in [4.78, 5) is 13.3. The molecule has 3 aromatic carbocycles. The van der Waals surface area contributed by atoms with Crippen molar-refractivity contribution in [1.29, 1.82) is 0 Å². The molecule has 180 valence electrons. The second-order valence-electron chi connectivity index (χ2n) is 8.05. The maximum atomic E-state index is 15.8. The summed E-state index contributed by atoms with van der Waals surface area (Å²) >= 11 is 0. The predicted octanol–water partition coefficient (Wildman–Crippen LogP) is 6.85. The minimum absolute atomic E-state index is 0.0695. The number of unbranched alkanes of at least 4 members (excludes halogenated alkanes) is 1. The second kappa shape index (κ2) is 12.2. The van der Waals surface area contributed by atoms with Gasteiger partial charge in [-0.15, -0.1) is 0 Å². The Morgan fingerprint density at radius 3 is 2.32 bits per heavy atom. The molecule has 0 amide bonds. The molecular formula is C28H32FNO4. The zero-order chi connectivity index (χ0) is 24.5. The molecule has 6 heteroatoms. The van der Waals surface area contributed by atoms with E-state index in [4.69, 9.17) is 14.2 Å². The fraction of sp³-hybridized carbons (Fsp3) is 0.321. The maximum absolute atomic E-state index is 15.8. The average Bonchev–Trinajstić information content (AvgIpc) is 2.86. The Balaban J connectivity index is 2.13. The Morgan fingerprint density at radius 2 is 1.71 bits per heavy atom. The first-order chi connectivity index (χ1) is 16.5. The molecule has 0 radical (unpaired) electrons. The SMILES string of the molecule is CCCCOc1c(NCc2ccccc2)c(C(C)OC)c(F)c(C)c1C(=O)Oc1ccccc1. The standard InChI is InChI=1S/C28H32FNO4/c1-5-6-17-33-27-23(28(31)34-22-15-11-8-12-16-22)19(2)25(29)24(20(3)32-4)26(27)30-18-21-13-9-7-10-14-21/h7-16,20,30H,5-6,17-18H2,1-4H3. The molecule has 0 bridgehead atoms. The highest BCUT2D eigenvalue weighted by Crippen LogP contribution is 2.42. The molecule has 34 heavy (non-hydrogen) atoms.